The standard InChI is InChI=1S/C18H14ClFN2OS/c19-15-7-3-2-6-14(15)18-22-13(11-24-18)9-17(23)21-10-12-5-1-4-8-16(12)20/h1-8,11H,9-10H2,(H,21,23). The number of thiazole rings is 1. The summed E-state index contributed by atoms with van der Waals surface area (Å²) in [4.78, 5) is 16.5. The predicted octanol–water partition coefficient (Wildman–Crippen LogP) is 4.46. The van der Waals surface area contributed by atoms with E-state index in [0.29, 0.717) is 16.3 Å². The van der Waals surface area contributed by atoms with Gasteiger partial charge in [0.05, 0.1) is 17.1 Å². The minimum Gasteiger partial charge on any atom is -0.352 e. The van der Waals surface area contributed by atoms with Crippen LogP contribution in [0.5, 0.6) is 0 Å². The lowest BCUT2D eigenvalue weighted by Crippen LogP contribution is -2.25. The van der Waals surface area contributed by atoms with Crippen molar-refractivity contribution >= 4 is 28.8 Å². The molecule has 6 heteroatoms. The van der Waals surface area contributed by atoms with Crippen LogP contribution in [0.25, 0.3) is 10.6 Å². The molecule has 0 aliphatic rings. The highest BCUT2D eigenvalue weighted by Crippen LogP contribution is 2.30. The van der Waals surface area contributed by atoms with Gasteiger partial charge in [0.25, 0.3) is 0 Å². The Bertz CT molecular complexity index is 865. The largest absolute Gasteiger partial charge is 0.352 e. The molecule has 24 heavy (non-hydrogen) atoms. The number of amides is 1. The molecule has 0 fully saturated rings. The van der Waals surface area contributed by atoms with E-state index in [9.17, 15) is 9.18 Å². The number of hydrogen-bond donors (Lipinski definition) is 1. The Labute approximate surface area is 148 Å². The highest BCUT2D eigenvalue weighted by Gasteiger charge is 2.11. The van der Waals surface area contributed by atoms with Crippen LogP contribution in [0.1, 0.15) is 11.3 Å². The van der Waals surface area contributed by atoms with E-state index in [2.05, 4.69) is 10.3 Å². The normalized spacial score (nSPS) is 10.6. The molecule has 0 atom stereocenters. The summed E-state index contributed by atoms with van der Waals surface area (Å²) in [6.07, 6.45) is 0.148. The number of carbonyl (C=O) groups is 1. The maximum Gasteiger partial charge on any atom is 0.226 e. The highest BCUT2D eigenvalue weighted by molar-refractivity contribution is 7.13. The second kappa shape index (κ2) is 7.55. The SMILES string of the molecule is O=C(Cc1csc(-c2ccccc2Cl)n1)NCc1ccccc1F. The number of benzene rings is 2. The van der Waals surface area contributed by atoms with E-state index in [4.69, 9.17) is 11.6 Å². The first-order valence-corrected chi connectivity index (χ1v) is 8.58. The number of halogens is 2. The second-order valence-corrected chi connectivity index (χ2v) is 6.43. The molecule has 0 spiro atoms. The third-order valence-corrected chi connectivity index (χ3v) is 4.69. The van der Waals surface area contributed by atoms with Crippen molar-refractivity contribution in [3.63, 3.8) is 0 Å². The van der Waals surface area contributed by atoms with Crippen molar-refractivity contribution in [1.82, 2.24) is 10.3 Å². The maximum atomic E-state index is 13.5. The molecule has 0 aliphatic heterocycles. The van der Waals surface area contributed by atoms with Crippen LogP contribution in [0.15, 0.2) is 53.9 Å². The number of hydrogen-bond acceptors (Lipinski definition) is 3. The summed E-state index contributed by atoms with van der Waals surface area (Å²) in [5.41, 5.74) is 1.98. The molecule has 3 nitrogen and oxygen atoms in total. The minimum atomic E-state index is -0.326. The summed E-state index contributed by atoms with van der Waals surface area (Å²) in [6, 6.07) is 13.8. The second-order valence-electron chi connectivity index (χ2n) is 5.17. The lowest BCUT2D eigenvalue weighted by Gasteiger charge is -2.05. The van der Waals surface area contributed by atoms with Crippen LogP contribution < -0.4 is 5.32 Å². The zero-order valence-electron chi connectivity index (χ0n) is 12.6. The molecule has 0 saturated heterocycles. The highest BCUT2D eigenvalue weighted by atomic mass is 35.5. The molecule has 3 aromatic rings. The molecule has 0 aliphatic carbocycles. The topological polar surface area (TPSA) is 42.0 Å². The van der Waals surface area contributed by atoms with E-state index in [-0.39, 0.29) is 24.7 Å². The van der Waals surface area contributed by atoms with Gasteiger partial charge in [-0.25, -0.2) is 9.37 Å². The molecule has 2 aromatic carbocycles. The lowest BCUT2D eigenvalue weighted by atomic mass is 10.2. The average Bonchev–Trinajstić information content (AvgIpc) is 3.03. The van der Waals surface area contributed by atoms with Crippen molar-refractivity contribution in [2.45, 2.75) is 13.0 Å². The fourth-order valence-corrected chi connectivity index (χ4v) is 3.35. The van der Waals surface area contributed by atoms with Gasteiger partial charge in [-0.05, 0) is 12.1 Å². The van der Waals surface area contributed by atoms with Crippen LogP contribution in [0.3, 0.4) is 0 Å². The number of rotatable bonds is 5. The molecule has 1 amide bonds. The molecule has 122 valence electrons. The van der Waals surface area contributed by atoms with Gasteiger partial charge >= 0.3 is 0 Å². The van der Waals surface area contributed by atoms with Gasteiger partial charge in [0.15, 0.2) is 0 Å². The molecule has 0 saturated carbocycles. The first-order chi connectivity index (χ1) is 11.6. The van der Waals surface area contributed by atoms with Crippen molar-refractivity contribution in [2.24, 2.45) is 0 Å². The van der Waals surface area contributed by atoms with Crippen molar-refractivity contribution in [3.8, 4) is 10.6 Å². The van der Waals surface area contributed by atoms with Crippen LogP contribution in [-0.4, -0.2) is 10.9 Å². The number of carbonyl (C=O) groups excluding carboxylic acids is 1. The minimum absolute atomic E-state index is 0.148. The Morgan fingerprint density at radius 2 is 1.92 bits per heavy atom. The zero-order chi connectivity index (χ0) is 16.9. The molecule has 1 N–H and O–H groups in total. The summed E-state index contributed by atoms with van der Waals surface area (Å²) in [5.74, 6) is -0.526. The van der Waals surface area contributed by atoms with E-state index in [0.717, 1.165) is 10.6 Å². The monoisotopic (exact) mass is 360 g/mol. The van der Waals surface area contributed by atoms with Gasteiger partial charge in [0.2, 0.25) is 5.91 Å². The fraction of sp³-hybridized carbons (Fsp3) is 0.111. The van der Waals surface area contributed by atoms with Gasteiger partial charge in [0.1, 0.15) is 10.8 Å². The average molecular weight is 361 g/mol. The Morgan fingerprint density at radius 3 is 2.71 bits per heavy atom. The Balaban J connectivity index is 1.62. The fourth-order valence-electron chi connectivity index (χ4n) is 2.21. The Morgan fingerprint density at radius 1 is 1.17 bits per heavy atom. The van der Waals surface area contributed by atoms with Crippen LogP contribution >= 0.6 is 22.9 Å². The molecule has 0 radical (unpaired) electrons. The van der Waals surface area contributed by atoms with Crippen LogP contribution in [0, 0.1) is 5.82 Å². The Kier molecular flexibility index (Phi) is 5.23. The molecule has 0 bridgehead atoms. The third kappa shape index (κ3) is 3.99. The van der Waals surface area contributed by atoms with E-state index in [1.165, 1.54) is 17.4 Å². The molecular formula is C18H14ClFN2OS. The molecular weight excluding hydrogens is 347 g/mol. The van der Waals surface area contributed by atoms with Crippen molar-refractivity contribution < 1.29 is 9.18 Å². The Hall–Kier alpha value is -2.24. The van der Waals surface area contributed by atoms with Crippen molar-refractivity contribution in [3.05, 3.63) is 76.0 Å². The summed E-state index contributed by atoms with van der Waals surface area (Å²) < 4.78 is 13.5. The summed E-state index contributed by atoms with van der Waals surface area (Å²) >= 11 is 7.60. The summed E-state index contributed by atoms with van der Waals surface area (Å²) in [6.45, 7) is 0.160. The quantitative estimate of drug-likeness (QED) is 0.729. The van der Waals surface area contributed by atoms with Crippen LogP contribution in [0.2, 0.25) is 5.02 Å². The van der Waals surface area contributed by atoms with Crippen molar-refractivity contribution in [1.29, 1.82) is 0 Å². The van der Waals surface area contributed by atoms with E-state index in [1.807, 2.05) is 23.6 Å². The first kappa shape index (κ1) is 16.6. The van der Waals surface area contributed by atoms with E-state index < -0.39 is 0 Å². The van der Waals surface area contributed by atoms with Gasteiger partial charge in [-0.15, -0.1) is 11.3 Å². The zero-order valence-corrected chi connectivity index (χ0v) is 14.2. The lowest BCUT2D eigenvalue weighted by molar-refractivity contribution is -0.120. The smallest absolute Gasteiger partial charge is 0.226 e. The van der Waals surface area contributed by atoms with Gasteiger partial charge in [0, 0.05) is 23.1 Å². The van der Waals surface area contributed by atoms with Gasteiger partial charge in [-0.2, -0.15) is 0 Å². The van der Waals surface area contributed by atoms with Crippen molar-refractivity contribution in [2.75, 3.05) is 0 Å². The predicted molar refractivity (Wildman–Crippen MR) is 94.5 cm³/mol. The summed E-state index contributed by atoms with van der Waals surface area (Å²) in [7, 11) is 0. The van der Waals surface area contributed by atoms with Crippen LogP contribution in [0.4, 0.5) is 4.39 Å². The molecule has 0 unspecified atom stereocenters. The molecule has 1 heterocycles. The number of aromatic nitrogens is 1. The maximum absolute atomic E-state index is 13.5. The van der Waals surface area contributed by atoms with Gasteiger partial charge in [-0.3, -0.25) is 4.79 Å². The van der Waals surface area contributed by atoms with E-state index in [1.54, 1.807) is 24.3 Å². The third-order valence-electron chi connectivity index (χ3n) is 3.43. The summed E-state index contributed by atoms with van der Waals surface area (Å²) in [5, 5.41) is 5.95. The number of nitrogens with one attached hydrogen (secondary N) is 1. The van der Waals surface area contributed by atoms with E-state index >= 15 is 0 Å². The molecule has 3 rings (SSSR count). The van der Waals surface area contributed by atoms with Gasteiger partial charge < -0.3 is 5.32 Å². The van der Waals surface area contributed by atoms with Gasteiger partial charge in [-0.1, -0.05) is 48.0 Å². The first-order valence-electron chi connectivity index (χ1n) is 7.33. The number of nitrogens with zero attached hydrogens (tertiary/aromatic N) is 1. The molecule has 1 aromatic heterocycles. The van der Waals surface area contributed by atoms with Crippen LogP contribution in [-0.2, 0) is 17.8 Å².